The first-order valence-electron chi connectivity index (χ1n) is 17.7. The largest absolute Gasteiger partial charge is 0.466 e. The predicted molar refractivity (Wildman–Crippen MR) is 174 cm³/mol. The van der Waals surface area contributed by atoms with Crippen LogP contribution in [0.3, 0.4) is 0 Å². The molecule has 5 nitrogen and oxygen atoms in total. The molecule has 0 aromatic rings. The van der Waals surface area contributed by atoms with E-state index >= 15 is 0 Å². The summed E-state index contributed by atoms with van der Waals surface area (Å²) in [6.07, 6.45) is 19.8. The van der Waals surface area contributed by atoms with Crippen LogP contribution in [0.1, 0.15) is 144 Å². The summed E-state index contributed by atoms with van der Waals surface area (Å²) in [6, 6.07) is 0. The summed E-state index contributed by atoms with van der Waals surface area (Å²) >= 11 is 0. The first-order chi connectivity index (χ1) is 19.6. The van der Waals surface area contributed by atoms with Gasteiger partial charge in [-0.15, -0.1) is 0 Å². The Morgan fingerprint density at radius 2 is 1.22 bits per heavy atom. The lowest BCUT2D eigenvalue weighted by Crippen LogP contribution is -2.35. The maximum absolute atomic E-state index is 12.1. The van der Waals surface area contributed by atoms with Crippen molar-refractivity contribution in [3.8, 4) is 0 Å². The Balaban J connectivity index is 1.39. The predicted octanol–water partition coefficient (Wildman–Crippen LogP) is 8.74. The van der Waals surface area contributed by atoms with Crippen LogP contribution >= 0.6 is 0 Å². The molecule has 2 heterocycles. The van der Waals surface area contributed by atoms with Crippen LogP contribution in [0.15, 0.2) is 0 Å². The molecule has 0 aromatic carbocycles. The van der Waals surface area contributed by atoms with Gasteiger partial charge in [0.15, 0.2) is 0 Å². The monoisotopic (exact) mass is 579 g/mol. The third-order valence-electron chi connectivity index (χ3n) is 9.97. The SMILES string of the molecule is CCC(C)(C)CCCCOCCCN1CCC(CCCC2CCN(CCC(=O)OCCCCC(C)(C)C)CC2)CC1. The van der Waals surface area contributed by atoms with Gasteiger partial charge in [-0.25, -0.2) is 0 Å². The van der Waals surface area contributed by atoms with Gasteiger partial charge >= 0.3 is 5.97 Å². The minimum Gasteiger partial charge on any atom is -0.466 e. The molecule has 2 aliphatic heterocycles. The van der Waals surface area contributed by atoms with Crippen molar-refractivity contribution < 1.29 is 14.3 Å². The lowest BCUT2D eigenvalue weighted by Gasteiger charge is -2.33. The summed E-state index contributed by atoms with van der Waals surface area (Å²) < 4.78 is 11.4. The van der Waals surface area contributed by atoms with E-state index in [0.717, 1.165) is 57.5 Å². The van der Waals surface area contributed by atoms with Gasteiger partial charge in [0.2, 0.25) is 0 Å². The maximum atomic E-state index is 12.1. The summed E-state index contributed by atoms with van der Waals surface area (Å²) in [6.45, 7) is 23.3. The smallest absolute Gasteiger partial charge is 0.307 e. The Morgan fingerprint density at radius 3 is 1.80 bits per heavy atom. The minimum absolute atomic E-state index is 0.0142. The molecule has 0 saturated carbocycles. The van der Waals surface area contributed by atoms with E-state index in [2.05, 4.69) is 51.3 Å². The second-order valence-electron chi connectivity index (χ2n) is 15.4. The Kier molecular flexibility index (Phi) is 18.1. The highest BCUT2D eigenvalue weighted by Crippen LogP contribution is 2.28. The van der Waals surface area contributed by atoms with E-state index in [1.54, 1.807) is 0 Å². The molecule has 242 valence electrons. The van der Waals surface area contributed by atoms with Gasteiger partial charge in [-0.3, -0.25) is 4.79 Å². The van der Waals surface area contributed by atoms with Gasteiger partial charge in [0, 0.05) is 26.3 Å². The van der Waals surface area contributed by atoms with Crippen LogP contribution in [-0.4, -0.2) is 74.9 Å². The molecule has 41 heavy (non-hydrogen) atoms. The van der Waals surface area contributed by atoms with E-state index in [0.29, 0.717) is 23.9 Å². The van der Waals surface area contributed by atoms with Gasteiger partial charge in [-0.2, -0.15) is 0 Å². The van der Waals surface area contributed by atoms with Crippen molar-refractivity contribution in [3.05, 3.63) is 0 Å². The van der Waals surface area contributed by atoms with Crippen molar-refractivity contribution in [1.29, 1.82) is 0 Å². The van der Waals surface area contributed by atoms with Crippen LogP contribution in [0.4, 0.5) is 0 Å². The van der Waals surface area contributed by atoms with Gasteiger partial charge in [-0.1, -0.05) is 73.6 Å². The number of carbonyl (C=O) groups is 1. The normalized spacial score (nSPS) is 18.7. The molecule has 0 amide bonds. The van der Waals surface area contributed by atoms with Crippen LogP contribution in [0, 0.1) is 22.7 Å². The van der Waals surface area contributed by atoms with E-state index in [1.165, 1.54) is 103 Å². The second kappa shape index (κ2) is 20.3. The minimum atomic E-state index is -0.0142. The fourth-order valence-electron chi connectivity index (χ4n) is 6.43. The number of nitrogens with zero attached hydrogens (tertiary/aromatic N) is 2. The van der Waals surface area contributed by atoms with E-state index < -0.39 is 0 Å². The average Bonchev–Trinajstić information content (AvgIpc) is 2.94. The van der Waals surface area contributed by atoms with Crippen molar-refractivity contribution in [1.82, 2.24) is 9.80 Å². The number of likely N-dealkylation sites (tertiary alicyclic amines) is 2. The Labute approximate surface area is 255 Å². The number of hydrogen-bond acceptors (Lipinski definition) is 5. The summed E-state index contributed by atoms with van der Waals surface area (Å²) in [5.41, 5.74) is 0.865. The topological polar surface area (TPSA) is 42.0 Å². The van der Waals surface area contributed by atoms with Gasteiger partial charge in [-0.05, 0) is 113 Å². The summed E-state index contributed by atoms with van der Waals surface area (Å²) in [5, 5.41) is 0. The quantitative estimate of drug-likeness (QED) is 0.101. The first-order valence-corrected chi connectivity index (χ1v) is 17.7. The average molecular weight is 579 g/mol. The maximum Gasteiger partial charge on any atom is 0.307 e. The molecule has 0 aromatic heterocycles. The zero-order valence-corrected chi connectivity index (χ0v) is 28.5. The van der Waals surface area contributed by atoms with Crippen molar-refractivity contribution in [2.75, 3.05) is 59.1 Å². The molecule has 0 bridgehead atoms. The summed E-state index contributed by atoms with van der Waals surface area (Å²) in [4.78, 5) is 17.3. The van der Waals surface area contributed by atoms with Crippen LogP contribution in [0.2, 0.25) is 0 Å². The fraction of sp³-hybridized carbons (Fsp3) is 0.972. The zero-order valence-electron chi connectivity index (χ0n) is 28.5. The van der Waals surface area contributed by atoms with Crippen LogP contribution < -0.4 is 0 Å². The number of carbonyl (C=O) groups excluding carboxylic acids is 1. The highest BCUT2D eigenvalue weighted by Gasteiger charge is 2.22. The molecule has 0 spiro atoms. The molecule has 0 N–H and O–H groups in total. The fourth-order valence-corrected chi connectivity index (χ4v) is 6.43. The molecule has 2 rings (SSSR count). The number of esters is 1. The molecule has 5 heteroatoms. The van der Waals surface area contributed by atoms with Crippen molar-refractivity contribution in [3.63, 3.8) is 0 Å². The third-order valence-corrected chi connectivity index (χ3v) is 9.97. The third kappa shape index (κ3) is 18.6. The standard InChI is InChI=1S/C36H70N2O3/c1-7-36(5,6)22-9-10-29-40-30-13-23-37-24-16-32(17-25-37)14-12-15-33-18-26-38(27-19-33)28-20-34(39)41-31-11-8-21-35(2,3)4/h32-33H,7-31H2,1-6H3. The highest BCUT2D eigenvalue weighted by molar-refractivity contribution is 5.69. The Morgan fingerprint density at radius 1 is 0.683 bits per heavy atom. The summed E-state index contributed by atoms with van der Waals surface area (Å²) in [7, 11) is 0. The molecular formula is C36H70N2O3. The Hall–Kier alpha value is -0.650. The number of ether oxygens (including phenoxy) is 2. The number of unbranched alkanes of at least 4 members (excludes halogenated alkanes) is 2. The van der Waals surface area contributed by atoms with Crippen molar-refractivity contribution in [2.45, 2.75) is 144 Å². The van der Waals surface area contributed by atoms with Gasteiger partial charge < -0.3 is 19.3 Å². The van der Waals surface area contributed by atoms with E-state index in [4.69, 9.17) is 9.47 Å². The van der Waals surface area contributed by atoms with Crippen LogP contribution in [-0.2, 0) is 14.3 Å². The lowest BCUT2D eigenvalue weighted by molar-refractivity contribution is -0.144. The van der Waals surface area contributed by atoms with E-state index in [9.17, 15) is 4.79 Å². The summed E-state index contributed by atoms with van der Waals surface area (Å²) in [5.74, 6) is 1.81. The first kappa shape index (κ1) is 36.5. The molecule has 0 aliphatic carbocycles. The molecule has 0 atom stereocenters. The van der Waals surface area contributed by atoms with Crippen LogP contribution in [0.5, 0.6) is 0 Å². The second-order valence-corrected chi connectivity index (χ2v) is 15.4. The number of hydrogen-bond donors (Lipinski definition) is 0. The molecule has 2 saturated heterocycles. The molecule has 0 unspecified atom stereocenters. The molecular weight excluding hydrogens is 508 g/mol. The van der Waals surface area contributed by atoms with Gasteiger partial charge in [0.1, 0.15) is 0 Å². The van der Waals surface area contributed by atoms with E-state index in [1.807, 2.05) is 0 Å². The van der Waals surface area contributed by atoms with Gasteiger partial charge in [0.05, 0.1) is 13.0 Å². The number of rotatable bonds is 21. The van der Waals surface area contributed by atoms with Crippen molar-refractivity contribution in [2.24, 2.45) is 22.7 Å². The number of piperidine rings is 2. The van der Waals surface area contributed by atoms with Crippen molar-refractivity contribution >= 4 is 5.97 Å². The van der Waals surface area contributed by atoms with E-state index in [-0.39, 0.29) is 5.97 Å². The molecule has 2 aliphatic rings. The molecule has 2 fully saturated rings. The molecule has 0 radical (unpaired) electrons. The Bertz CT molecular complexity index is 658. The van der Waals surface area contributed by atoms with Crippen LogP contribution in [0.25, 0.3) is 0 Å². The highest BCUT2D eigenvalue weighted by atomic mass is 16.5. The lowest BCUT2D eigenvalue weighted by atomic mass is 9.85. The van der Waals surface area contributed by atoms with Gasteiger partial charge in [0.25, 0.3) is 0 Å². The zero-order chi connectivity index (χ0) is 30.0.